The summed E-state index contributed by atoms with van der Waals surface area (Å²) in [7, 11) is 0. The van der Waals surface area contributed by atoms with E-state index >= 15 is 0 Å². The number of aromatic nitrogens is 2. The molecule has 1 aromatic heterocycles. The Hall–Kier alpha value is -3.94. The van der Waals surface area contributed by atoms with Gasteiger partial charge in [-0.2, -0.15) is 0 Å². The monoisotopic (exact) mass is 559 g/mol. The second-order valence-electron chi connectivity index (χ2n) is 11.3. The summed E-state index contributed by atoms with van der Waals surface area (Å²) in [5.41, 5.74) is 4.25. The summed E-state index contributed by atoms with van der Waals surface area (Å²) in [6, 6.07) is 14.7. The molecular weight excluding hydrogens is 518 g/mol. The van der Waals surface area contributed by atoms with Crippen LogP contribution in [0.1, 0.15) is 93.6 Å². The van der Waals surface area contributed by atoms with Crippen LogP contribution in [0.5, 0.6) is 0 Å². The molecular formula is C33H41N3O5. The lowest BCUT2D eigenvalue weighted by Crippen LogP contribution is -2.45. The maximum absolute atomic E-state index is 13.2. The number of rotatable bonds is 9. The number of nitrogens with zero attached hydrogens (tertiary/aromatic N) is 3. The minimum atomic E-state index is -0.816. The van der Waals surface area contributed by atoms with Gasteiger partial charge in [0.25, 0.3) is 0 Å². The number of hydrogen-bond acceptors (Lipinski definition) is 6. The fraction of sp³-hybridized carbons (Fsp3) is 0.455. The van der Waals surface area contributed by atoms with Crippen LogP contribution < -0.4 is 0 Å². The molecule has 0 saturated heterocycles. The molecule has 4 rings (SSSR count). The molecule has 2 heterocycles. The van der Waals surface area contributed by atoms with Crippen LogP contribution in [0, 0.1) is 0 Å². The van der Waals surface area contributed by atoms with Gasteiger partial charge in [0.1, 0.15) is 11.4 Å². The number of aryl methyl sites for hydroxylation is 1. The highest BCUT2D eigenvalue weighted by Gasteiger charge is 2.40. The van der Waals surface area contributed by atoms with Gasteiger partial charge in [-0.05, 0) is 56.9 Å². The molecule has 0 fully saturated rings. The first-order valence-electron chi connectivity index (χ1n) is 14.5. The third-order valence-electron chi connectivity index (χ3n) is 7.08. The van der Waals surface area contributed by atoms with E-state index in [1.54, 1.807) is 17.9 Å². The number of imidazole rings is 1. The maximum atomic E-state index is 13.2. The van der Waals surface area contributed by atoms with Gasteiger partial charge in [0.15, 0.2) is 6.04 Å². The number of fused-ring (bicyclic) bond motifs is 1. The van der Waals surface area contributed by atoms with E-state index in [0.717, 1.165) is 46.7 Å². The number of hydrogen-bond donors (Lipinski definition) is 0. The highest BCUT2D eigenvalue weighted by Crippen LogP contribution is 2.34. The van der Waals surface area contributed by atoms with Gasteiger partial charge in [0.2, 0.25) is 5.91 Å². The molecule has 0 N–H and O–H groups in total. The lowest BCUT2D eigenvalue weighted by molar-refractivity contribution is -0.156. The maximum Gasteiger partial charge on any atom is 0.339 e. The average molecular weight is 560 g/mol. The minimum absolute atomic E-state index is 0.0773. The number of amides is 1. The molecule has 1 atom stereocenters. The van der Waals surface area contributed by atoms with Crippen LogP contribution in [0.4, 0.5) is 0 Å². The van der Waals surface area contributed by atoms with Crippen molar-refractivity contribution >= 4 is 17.8 Å². The zero-order chi connectivity index (χ0) is 29.7. The smallest absolute Gasteiger partial charge is 0.339 e. The molecule has 1 unspecified atom stereocenters. The molecule has 41 heavy (non-hydrogen) atoms. The van der Waals surface area contributed by atoms with Crippen LogP contribution in [0.15, 0.2) is 48.5 Å². The average Bonchev–Trinajstić information content (AvgIpc) is 3.28. The molecule has 3 aromatic rings. The number of carbonyl (C=O) groups is 3. The first-order chi connectivity index (χ1) is 19.6. The summed E-state index contributed by atoms with van der Waals surface area (Å²) in [5.74, 6) is 0.0413. The molecule has 8 heteroatoms. The number of benzene rings is 2. The standard InChI is InChI=1S/C33H41N3O5/c1-7-12-27-34-26-19-20-35(28(37)8-2)30(32(39)40-9-3)29(26)36(27)21-22-15-17-23(18-16-22)24-13-10-11-14-25(24)31(38)41-33(4,5)6/h10-11,13-18,30H,7-9,12,19-21H2,1-6H3. The van der Waals surface area contributed by atoms with Crippen LogP contribution in [-0.2, 0) is 38.4 Å². The van der Waals surface area contributed by atoms with Crippen molar-refractivity contribution in [1.29, 1.82) is 0 Å². The van der Waals surface area contributed by atoms with Crippen molar-refractivity contribution in [3.63, 3.8) is 0 Å². The SMILES string of the molecule is CCCc1nc2c(n1Cc1ccc(-c3ccccc3C(=O)OC(C)(C)C)cc1)C(C(=O)OCC)N(C(=O)CC)CC2. The lowest BCUT2D eigenvalue weighted by Gasteiger charge is -2.34. The summed E-state index contributed by atoms with van der Waals surface area (Å²) >= 11 is 0. The molecule has 0 saturated carbocycles. The summed E-state index contributed by atoms with van der Waals surface area (Å²) in [6.45, 7) is 12.4. The Labute approximate surface area is 242 Å². The van der Waals surface area contributed by atoms with E-state index in [4.69, 9.17) is 14.5 Å². The van der Waals surface area contributed by atoms with E-state index in [-0.39, 0.29) is 18.5 Å². The largest absolute Gasteiger partial charge is 0.464 e. The normalized spacial score (nSPS) is 14.9. The van der Waals surface area contributed by atoms with Gasteiger partial charge in [-0.1, -0.05) is 56.3 Å². The zero-order valence-electron chi connectivity index (χ0n) is 25.0. The van der Waals surface area contributed by atoms with Crippen LogP contribution in [0.25, 0.3) is 11.1 Å². The molecule has 8 nitrogen and oxygen atoms in total. The lowest BCUT2D eigenvalue weighted by atomic mass is 9.98. The van der Waals surface area contributed by atoms with E-state index in [1.807, 2.05) is 70.2 Å². The molecule has 1 amide bonds. The molecule has 218 valence electrons. The first-order valence-corrected chi connectivity index (χ1v) is 14.5. The Kier molecular flexibility index (Phi) is 9.31. The van der Waals surface area contributed by atoms with Gasteiger partial charge in [0.05, 0.1) is 23.6 Å². The predicted octanol–water partition coefficient (Wildman–Crippen LogP) is 5.91. The van der Waals surface area contributed by atoms with Crippen molar-refractivity contribution in [2.75, 3.05) is 13.2 Å². The van der Waals surface area contributed by atoms with Gasteiger partial charge in [-0.25, -0.2) is 14.6 Å². The molecule has 0 radical (unpaired) electrons. The summed E-state index contributed by atoms with van der Waals surface area (Å²) < 4.78 is 13.2. The number of carbonyl (C=O) groups excluding carboxylic acids is 3. The number of esters is 2. The van der Waals surface area contributed by atoms with Crippen molar-refractivity contribution in [1.82, 2.24) is 14.5 Å². The van der Waals surface area contributed by atoms with Crippen molar-refractivity contribution in [3.05, 3.63) is 76.9 Å². The van der Waals surface area contributed by atoms with E-state index < -0.39 is 17.6 Å². The molecule has 0 spiro atoms. The van der Waals surface area contributed by atoms with Crippen LogP contribution in [0.2, 0.25) is 0 Å². The van der Waals surface area contributed by atoms with E-state index in [2.05, 4.69) is 11.5 Å². The summed E-state index contributed by atoms with van der Waals surface area (Å²) in [6.07, 6.45) is 2.57. The van der Waals surface area contributed by atoms with E-state index in [1.165, 1.54) is 0 Å². The molecule has 0 bridgehead atoms. The van der Waals surface area contributed by atoms with Gasteiger partial charge >= 0.3 is 11.9 Å². The highest BCUT2D eigenvalue weighted by atomic mass is 16.6. The quantitative estimate of drug-likeness (QED) is 0.303. The van der Waals surface area contributed by atoms with E-state index in [9.17, 15) is 14.4 Å². The van der Waals surface area contributed by atoms with Crippen molar-refractivity contribution in [2.45, 2.75) is 85.4 Å². The summed E-state index contributed by atoms with van der Waals surface area (Å²) in [4.78, 5) is 45.6. The third-order valence-corrected chi connectivity index (χ3v) is 7.08. The van der Waals surface area contributed by atoms with E-state index in [0.29, 0.717) is 31.5 Å². The van der Waals surface area contributed by atoms with Gasteiger partial charge in [-0.15, -0.1) is 0 Å². The van der Waals surface area contributed by atoms with Gasteiger partial charge in [-0.3, -0.25) is 4.79 Å². The summed E-state index contributed by atoms with van der Waals surface area (Å²) in [5, 5.41) is 0. The van der Waals surface area contributed by atoms with Crippen LogP contribution in [-0.4, -0.2) is 51.0 Å². The van der Waals surface area contributed by atoms with Crippen LogP contribution >= 0.6 is 0 Å². The minimum Gasteiger partial charge on any atom is -0.464 e. The Balaban J connectivity index is 1.70. The topological polar surface area (TPSA) is 90.7 Å². The fourth-order valence-corrected chi connectivity index (χ4v) is 5.30. The zero-order valence-corrected chi connectivity index (χ0v) is 25.0. The molecule has 0 aliphatic carbocycles. The second-order valence-corrected chi connectivity index (χ2v) is 11.3. The molecule has 2 aromatic carbocycles. The predicted molar refractivity (Wildman–Crippen MR) is 157 cm³/mol. The highest BCUT2D eigenvalue weighted by molar-refractivity contribution is 5.97. The molecule has 1 aliphatic rings. The second kappa shape index (κ2) is 12.7. The van der Waals surface area contributed by atoms with Crippen LogP contribution in [0.3, 0.4) is 0 Å². The Morgan fingerprint density at radius 2 is 1.71 bits per heavy atom. The third kappa shape index (κ3) is 6.69. The van der Waals surface area contributed by atoms with Crippen molar-refractivity contribution in [3.8, 4) is 11.1 Å². The first kappa shape index (κ1) is 30.0. The van der Waals surface area contributed by atoms with Gasteiger partial charge < -0.3 is 18.9 Å². The molecule has 1 aliphatic heterocycles. The van der Waals surface area contributed by atoms with Gasteiger partial charge in [0, 0.05) is 32.4 Å². The Morgan fingerprint density at radius 1 is 1.00 bits per heavy atom. The van der Waals surface area contributed by atoms with Crippen molar-refractivity contribution in [2.24, 2.45) is 0 Å². The Bertz CT molecular complexity index is 1400. The van der Waals surface area contributed by atoms with Crippen molar-refractivity contribution < 1.29 is 23.9 Å². The fourth-order valence-electron chi connectivity index (χ4n) is 5.30. The number of ether oxygens (including phenoxy) is 2. The Morgan fingerprint density at radius 3 is 2.34 bits per heavy atom.